The molecule has 25 heavy (non-hydrogen) atoms. The van der Waals surface area contributed by atoms with Crippen LogP contribution in [0.25, 0.3) is 0 Å². The summed E-state index contributed by atoms with van der Waals surface area (Å²) >= 11 is 6.89. The van der Waals surface area contributed by atoms with Crippen molar-refractivity contribution < 1.29 is 13.2 Å². The molecular weight excluding hydrogens is 380 g/mol. The zero-order valence-corrected chi connectivity index (χ0v) is 16.2. The lowest BCUT2D eigenvalue weighted by molar-refractivity contribution is 0.0698. The molecule has 1 aliphatic heterocycles. The number of carbonyl (C=O) groups is 1. The Morgan fingerprint density at radius 1 is 1.08 bits per heavy atom. The third-order valence-corrected chi connectivity index (χ3v) is 7.87. The third kappa shape index (κ3) is 3.89. The molecule has 1 saturated heterocycles. The number of hydrogen-bond donors (Lipinski definition) is 0. The number of carbonyl (C=O) groups excluding carboxylic acids is 1. The Bertz CT molecular complexity index is 854. The molecule has 0 aliphatic carbocycles. The van der Waals surface area contributed by atoms with Gasteiger partial charge in [0.1, 0.15) is 4.21 Å². The Kier molecular flexibility index (Phi) is 5.48. The minimum Gasteiger partial charge on any atom is -0.336 e. The van der Waals surface area contributed by atoms with Crippen molar-refractivity contribution in [1.29, 1.82) is 0 Å². The van der Waals surface area contributed by atoms with Crippen LogP contribution >= 0.6 is 22.9 Å². The first-order chi connectivity index (χ1) is 11.9. The van der Waals surface area contributed by atoms with Crippen LogP contribution in [-0.2, 0) is 16.4 Å². The minimum absolute atomic E-state index is 0.0566. The second kappa shape index (κ2) is 7.45. The Labute approximate surface area is 156 Å². The maximum atomic E-state index is 12.6. The van der Waals surface area contributed by atoms with Crippen molar-refractivity contribution in [3.63, 3.8) is 0 Å². The zero-order valence-electron chi connectivity index (χ0n) is 13.8. The lowest BCUT2D eigenvalue weighted by atomic mass is 10.1. The normalized spacial score (nSPS) is 16.2. The number of thiophene rings is 1. The molecule has 2 heterocycles. The van der Waals surface area contributed by atoms with Gasteiger partial charge in [0.05, 0.1) is 4.34 Å². The average molecular weight is 399 g/mol. The van der Waals surface area contributed by atoms with Gasteiger partial charge in [-0.1, -0.05) is 30.7 Å². The van der Waals surface area contributed by atoms with E-state index in [0.717, 1.165) is 17.8 Å². The summed E-state index contributed by atoms with van der Waals surface area (Å²) in [4.78, 5) is 14.3. The lowest BCUT2D eigenvalue weighted by Gasteiger charge is -2.33. The van der Waals surface area contributed by atoms with Crippen LogP contribution in [0.1, 0.15) is 22.8 Å². The van der Waals surface area contributed by atoms with Crippen molar-refractivity contribution in [3.05, 3.63) is 51.9 Å². The van der Waals surface area contributed by atoms with E-state index in [1.54, 1.807) is 11.0 Å². The molecule has 1 aromatic carbocycles. The Morgan fingerprint density at radius 3 is 2.24 bits per heavy atom. The summed E-state index contributed by atoms with van der Waals surface area (Å²) in [6.07, 6.45) is 0.928. The Morgan fingerprint density at radius 2 is 1.72 bits per heavy atom. The highest BCUT2D eigenvalue weighted by atomic mass is 35.5. The average Bonchev–Trinajstić information content (AvgIpc) is 3.08. The van der Waals surface area contributed by atoms with Crippen molar-refractivity contribution >= 4 is 38.9 Å². The monoisotopic (exact) mass is 398 g/mol. The first-order valence-corrected chi connectivity index (χ1v) is 10.7. The fraction of sp³-hybridized carbons (Fsp3) is 0.353. The maximum absolute atomic E-state index is 12.6. The number of benzene rings is 1. The predicted octanol–water partition coefficient (Wildman–Crippen LogP) is 3.11. The van der Waals surface area contributed by atoms with E-state index in [2.05, 4.69) is 6.92 Å². The van der Waals surface area contributed by atoms with Gasteiger partial charge in [-0.05, 0) is 36.2 Å². The molecule has 0 unspecified atom stereocenters. The van der Waals surface area contributed by atoms with Gasteiger partial charge in [0, 0.05) is 31.7 Å². The van der Waals surface area contributed by atoms with E-state index in [9.17, 15) is 13.2 Å². The molecule has 1 aromatic heterocycles. The van der Waals surface area contributed by atoms with Gasteiger partial charge in [0.25, 0.3) is 15.9 Å². The van der Waals surface area contributed by atoms with Crippen molar-refractivity contribution in [3.8, 4) is 0 Å². The van der Waals surface area contributed by atoms with E-state index in [0.29, 0.717) is 23.0 Å². The Balaban J connectivity index is 1.66. The van der Waals surface area contributed by atoms with E-state index < -0.39 is 10.0 Å². The van der Waals surface area contributed by atoms with Gasteiger partial charge in [-0.25, -0.2) is 8.42 Å². The van der Waals surface area contributed by atoms with Gasteiger partial charge >= 0.3 is 0 Å². The molecule has 1 amide bonds. The van der Waals surface area contributed by atoms with Crippen molar-refractivity contribution in [1.82, 2.24) is 9.21 Å². The van der Waals surface area contributed by atoms with E-state index in [1.165, 1.54) is 15.9 Å². The number of rotatable bonds is 4. The fourth-order valence-electron chi connectivity index (χ4n) is 2.76. The number of aryl methyl sites for hydroxylation is 1. The SMILES string of the molecule is CCc1ccc(C(=O)N2CCN(S(=O)(=O)c3ccc(Cl)s3)CC2)cc1. The first kappa shape index (κ1) is 18.4. The lowest BCUT2D eigenvalue weighted by Crippen LogP contribution is -2.50. The van der Waals surface area contributed by atoms with Crippen LogP contribution in [-0.4, -0.2) is 49.7 Å². The van der Waals surface area contributed by atoms with Crippen LogP contribution in [0, 0.1) is 0 Å². The first-order valence-electron chi connectivity index (χ1n) is 8.05. The largest absolute Gasteiger partial charge is 0.336 e. The van der Waals surface area contributed by atoms with Crippen LogP contribution in [0.2, 0.25) is 4.34 Å². The second-order valence-electron chi connectivity index (χ2n) is 5.81. The second-order valence-corrected chi connectivity index (χ2v) is 9.69. The smallest absolute Gasteiger partial charge is 0.253 e. The summed E-state index contributed by atoms with van der Waals surface area (Å²) in [6.45, 7) is 3.41. The molecule has 134 valence electrons. The number of hydrogen-bond acceptors (Lipinski definition) is 4. The predicted molar refractivity (Wildman–Crippen MR) is 99.8 cm³/mol. The van der Waals surface area contributed by atoms with Gasteiger partial charge in [-0.2, -0.15) is 4.31 Å². The highest BCUT2D eigenvalue weighted by molar-refractivity contribution is 7.91. The molecule has 1 aliphatic rings. The van der Waals surface area contributed by atoms with Gasteiger partial charge in [-0.15, -0.1) is 11.3 Å². The number of halogens is 1. The molecule has 0 bridgehead atoms. The number of nitrogens with zero attached hydrogens (tertiary/aromatic N) is 2. The van der Waals surface area contributed by atoms with E-state index in [-0.39, 0.29) is 23.2 Å². The zero-order chi connectivity index (χ0) is 18.0. The molecule has 0 spiro atoms. The molecule has 0 saturated carbocycles. The van der Waals surface area contributed by atoms with Crippen LogP contribution in [0.15, 0.2) is 40.6 Å². The van der Waals surface area contributed by atoms with Gasteiger partial charge < -0.3 is 4.90 Å². The van der Waals surface area contributed by atoms with Crippen molar-refractivity contribution in [2.45, 2.75) is 17.6 Å². The van der Waals surface area contributed by atoms with Crippen LogP contribution < -0.4 is 0 Å². The van der Waals surface area contributed by atoms with Crippen LogP contribution in [0.5, 0.6) is 0 Å². The molecule has 0 atom stereocenters. The van der Waals surface area contributed by atoms with Crippen molar-refractivity contribution in [2.75, 3.05) is 26.2 Å². The standard InChI is InChI=1S/C17H19ClN2O3S2/c1-2-13-3-5-14(6-4-13)17(21)19-9-11-20(12-10-19)25(22,23)16-8-7-15(18)24-16/h3-8H,2,9-12H2,1H3. The highest BCUT2D eigenvalue weighted by Gasteiger charge is 2.31. The molecule has 0 N–H and O–H groups in total. The fourth-order valence-corrected chi connectivity index (χ4v) is 5.82. The van der Waals surface area contributed by atoms with Crippen LogP contribution in [0.3, 0.4) is 0 Å². The number of amides is 1. The van der Waals surface area contributed by atoms with Gasteiger partial charge in [-0.3, -0.25) is 4.79 Å². The topological polar surface area (TPSA) is 57.7 Å². The minimum atomic E-state index is -3.53. The maximum Gasteiger partial charge on any atom is 0.253 e. The molecular formula is C17H19ClN2O3S2. The summed E-state index contributed by atoms with van der Waals surface area (Å²) in [5.41, 5.74) is 1.82. The molecule has 5 nitrogen and oxygen atoms in total. The quantitative estimate of drug-likeness (QED) is 0.795. The van der Waals surface area contributed by atoms with E-state index >= 15 is 0 Å². The van der Waals surface area contributed by atoms with Crippen molar-refractivity contribution in [2.24, 2.45) is 0 Å². The molecule has 3 rings (SSSR count). The summed E-state index contributed by atoms with van der Waals surface area (Å²) in [7, 11) is -3.53. The summed E-state index contributed by atoms with van der Waals surface area (Å²) < 4.78 is 27.3. The highest BCUT2D eigenvalue weighted by Crippen LogP contribution is 2.28. The summed E-state index contributed by atoms with van der Waals surface area (Å²) in [5, 5.41) is 0. The van der Waals surface area contributed by atoms with Gasteiger partial charge in [0.2, 0.25) is 0 Å². The molecule has 2 aromatic rings. The Hall–Kier alpha value is -1.41. The van der Waals surface area contributed by atoms with Crippen LogP contribution in [0.4, 0.5) is 0 Å². The van der Waals surface area contributed by atoms with E-state index in [1.807, 2.05) is 24.3 Å². The van der Waals surface area contributed by atoms with Gasteiger partial charge in [0.15, 0.2) is 0 Å². The molecule has 8 heteroatoms. The summed E-state index contributed by atoms with van der Waals surface area (Å²) in [6, 6.07) is 10.7. The van der Waals surface area contributed by atoms with E-state index in [4.69, 9.17) is 11.6 Å². The molecule has 1 fully saturated rings. The third-order valence-electron chi connectivity index (χ3n) is 4.28. The molecule has 0 radical (unpaired) electrons. The number of sulfonamides is 1. The number of piperazine rings is 1. The summed E-state index contributed by atoms with van der Waals surface area (Å²) in [5.74, 6) is -0.0566.